The largest absolute Gasteiger partial charge is 0.609 e. The number of hydrogen-bond donors (Lipinski definition) is 1. The first kappa shape index (κ1) is 25.1. The smallest absolute Gasteiger partial charge is 0.338 e. The maximum absolute atomic E-state index is 13.2. The van der Waals surface area contributed by atoms with E-state index in [1.165, 1.54) is 34.6 Å². The molecule has 0 spiro atoms. The molecule has 11 heteroatoms. The third-order valence-corrected chi connectivity index (χ3v) is 7.04. The minimum absolute atomic E-state index is 0.0792. The van der Waals surface area contributed by atoms with Crippen molar-refractivity contribution in [2.45, 2.75) is 10.9 Å². The predicted molar refractivity (Wildman–Crippen MR) is 134 cm³/mol. The molecule has 1 atom stereocenters. The molecular weight excluding hydrogens is 486 g/mol. The molecule has 4 aromatic rings. The highest BCUT2D eigenvalue weighted by Gasteiger charge is 2.28. The van der Waals surface area contributed by atoms with Crippen LogP contribution in [0.5, 0.6) is 23.0 Å². The van der Waals surface area contributed by atoms with E-state index in [2.05, 4.69) is 9.97 Å². The fraction of sp³-hybridized carbons (Fsp3) is 0.240. The van der Waals surface area contributed by atoms with Crippen molar-refractivity contribution in [1.29, 1.82) is 0 Å². The monoisotopic (exact) mass is 511 g/mol. The topological polar surface area (TPSA) is 128 Å². The normalized spacial score (nSPS) is 11.8. The molecule has 0 aliphatic heterocycles. The number of methoxy groups -OCH3 is 4. The second kappa shape index (κ2) is 10.3. The van der Waals surface area contributed by atoms with Gasteiger partial charge in [0.05, 0.1) is 45.7 Å². The van der Waals surface area contributed by atoms with Gasteiger partial charge in [0, 0.05) is 41.4 Å². The quantitative estimate of drug-likeness (QED) is 0.335. The van der Waals surface area contributed by atoms with Crippen molar-refractivity contribution in [3.05, 3.63) is 54.0 Å². The molecule has 10 nitrogen and oxygen atoms in total. The van der Waals surface area contributed by atoms with Gasteiger partial charge in [0.2, 0.25) is 0 Å². The van der Waals surface area contributed by atoms with E-state index < -0.39 is 17.1 Å². The van der Waals surface area contributed by atoms with Crippen LogP contribution < -0.4 is 18.9 Å². The van der Waals surface area contributed by atoms with Crippen molar-refractivity contribution >= 4 is 28.0 Å². The van der Waals surface area contributed by atoms with Crippen molar-refractivity contribution in [2.24, 2.45) is 7.05 Å². The zero-order valence-electron chi connectivity index (χ0n) is 20.4. The molecule has 0 amide bonds. The first-order valence-electron chi connectivity index (χ1n) is 10.7. The number of aryl methyl sites for hydroxylation is 1. The van der Waals surface area contributed by atoms with E-state index in [4.69, 9.17) is 18.9 Å². The van der Waals surface area contributed by atoms with Gasteiger partial charge in [-0.2, -0.15) is 4.98 Å². The van der Waals surface area contributed by atoms with E-state index >= 15 is 0 Å². The Morgan fingerprint density at radius 1 is 1.00 bits per heavy atom. The van der Waals surface area contributed by atoms with E-state index in [1.54, 1.807) is 48.1 Å². The molecule has 2 heterocycles. The summed E-state index contributed by atoms with van der Waals surface area (Å²) >= 11 is -1.65. The molecule has 188 valence electrons. The van der Waals surface area contributed by atoms with Gasteiger partial charge in [0.25, 0.3) is 0 Å². The van der Waals surface area contributed by atoms with Crippen molar-refractivity contribution in [1.82, 2.24) is 14.5 Å². The lowest BCUT2D eigenvalue weighted by molar-refractivity contribution is 0.0696. The molecule has 1 unspecified atom stereocenters. The Morgan fingerprint density at radius 2 is 1.64 bits per heavy atom. The highest BCUT2D eigenvalue weighted by atomic mass is 32.2. The minimum atomic E-state index is -1.65. The molecule has 4 rings (SSSR count). The van der Waals surface area contributed by atoms with Gasteiger partial charge in [-0.3, -0.25) is 4.57 Å². The molecule has 0 aliphatic carbocycles. The minimum Gasteiger partial charge on any atom is -0.609 e. The first-order chi connectivity index (χ1) is 17.3. The maximum Gasteiger partial charge on any atom is 0.338 e. The standard InChI is InChI=1S/C25H25N3O7S/c1-28-9-8-26-25(28)36(31)13-17-23(24(29)30)22(14-6-7-18(32-2)19(10-14)33-3)15-11-20(34-4)21(35-5)12-16(15)27-17/h6-12H,13H2,1-5H3,(H,29,30). The Hall–Kier alpha value is -3.96. The first-order valence-corrected chi connectivity index (χ1v) is 12.0. The van der Waals surface area contributed by atoms with Gasteiger partial charge in [-0.25, -0.2) is 9.78 Å². The second-order valence-corrected chi connectivity index (χ2v) is 9.06. The maximum atomic E-state index is 13.2. The summed E-state index contributed by atoms with van der Waals surface area (Å²) in [4.78, 5) is 21.4. The van der Waals surface area contributed by atoms with Gasteiger partial charge in [0.15, 0.2) is 28.8 Å². The average Bonchev–Trinajstić information content (AvgIpc) is 3.32. The van der Waals surface area contributed by atoms with Crippen LogP contribution in [0.4, 0.5) is 0 Å². The number of imidazole rings is 1. The third-order valence-electron chi connectivity index (χ3n) is 5.70. The highest BCUT2D eigenvalue weighted by Crippen LogP contribution is 2.42. The van der Waals surface area contributed by atoms with E-state index in [9.17, 15) is 14.5 Å². The van der Waals surface area contributed by atoms with Crippen molar-refractivity contribution in [3.63, 3.8) is 0 Å². The number of carbonyl (C=O) groups is 1. The zero-order chi connectivity index (χ0) is 26.0. The molecule has 2 aromatic heterocycles. The second-order valence-electron chi connectivity index (χ2n) is 7.72. The summed E-state index contributed by atoms with van der Waals surface area (Å²) in [6, 6.07) is 8.46. The Labute approximate surface area is 210 Å². The van der Waals surface area contributed by atoms with E-state index in [1.807, 2.05) is 0 Å². The van der Waals surface area contributed by atoms with Crippen LogP contribution in [0.1, 0.15) is 16.1 Å². The van der Waals surface area contributed by atoms with Gasteiger partial charge in [-0.15, -0.1) is 0 Å². The molecule has 0 saturated carbocycles. The Morgan fingerprint density at radius 3 is 2.22 bits per heavy atom. The molecule has 0 bridgehead atoms. The van der Waals surface area contributed by atoms with E-state index in [0.29, 0.717) is 50.2 Å². The van der Waals surface area contributed by atoms with Gasteiger partial charge < -0.3 is 28.6 Å². The van der Waals surface area contributed by atoms with Gasteiger partial charge in [-0.05, 0) is 23.8 Å². The lowest BCUT2D eigenvalue weighted by Gasteiger charge is -2.18. The number of carboxylic acids is 1. The summed E-state index contributed by atoms with van der Waals surface area (Å²) in [5.41, 5.74) is 1.45. The lowest BCUT2D eigenvalue weighted by atomic mass is 9.93. The number of aromatic nitrogens is 3. The van der Waals surface area contributed by atoms with Crippen molar-refractivity contribution in [3.8, 4) is 34.1 Å². The van der Waals surface area contributed by atoms with Crippen LogP contribution in [0.2, 0.25) is 0 Å². The number of hydrogen-bond acceptors (Lipinski definition) is 8. The third kappa shape index (κ3) is 4.50. The van der Waals surface area contributed by atoms with Gasteiger partial charge in [-0.1, -0.05) is 6.07 Å². The lowest BCUT2D eigenvalue weighted by Crippen LogP contribution is -2.16. The molecule has 0 fully saturated rings. The molecular formula is C25H25N3O7S. The van der Waals surface area contributed by atoms with Gasteiger partial charge >= 0.3 is 11.1 Å². The summed E-state index contributed by atoms with van der Waals surface area (Å²) in [6.07, 6.45) is 3.21. The molecule has 0 saturated heterocycles. The van der Waals surface area contributed by atoms with Crippen LogP contribution >= 0.6 is 0 Å². The van der Waals surface area contributed by atoms with Crippen LogP contribution in [0.3, 0.4) is 0 Å². The predicted octanol–water partition coefficient (Wildman–Crippen LogP) is 3.68. The summed E-state index contributed by atoms with van der Waals surface area (Å²) < 4.78 is 36.5. The number of benzene rings is 2. The molecule has 0 radical (unpaired) electrons. The Balaban J connectivity index is 2.05. The van der Waals surface area contributed by atoms with E-state index in [0.717, 1.165) is 0 Å². The number of rotatable bonds is 9. The zero-order valence-corrected chi connectivity index (χ0v) is 21.2. The Kier molecular flexibility index (Phi) is 7.22. The SMILES string of the molecule is COc1ccc(-c2c(C(=O)O)c(C[S+]([O-])c3nccn3C)nc3cc(OC)c(OC)cc23)cc1OC. The van der Waals surface area contributed by atoms with Crippen LogP contribution in [0.25, 0.3) is 22.0 Å². The number of fused-ring (bicyclic) bond motifs is 1. The van der Waals surface area contributed by atoms with Crippen LogP contribution in [-0.2, 0) is 24.0 Å². The molecule has 0 aliphatic rings. The fourth-order valence-electron chi connectivity index (χ4n) is 4.03. The summed E-state index contributed by atoms with van der Waals surface area (Å²) in [7, 11) is 7.74. The van der Waals surface area contributed by atoms with Crippen molar-refractivity contribution in [2.75, 3.05) is 28.4 Å². The summed E-state index contributed by atoms with van der Waals surface area (Å²) in [6.45, 7) is 0. The Bertz CT molecular complexity index is 1440. The number of nitrogens with zero attached hydrogens (tertiary/aromatic N) is 3. The van der Waals surface area contributed by atoms with Crippen LogP contribution in [0, 0.1) is 0 Å². The molecule has 1 N–H and O–H groups in total. The fourth-order valence-corrected chi connectivity index (χ4v) is 5.17. The number of pyridine rings is 1. The van der Waals surface area contributed by atoms with Crippen LogP contribution in [-0.4, -0.2) is 58.6 Å². The summed E-state index contributed by atoms with van der Waals surface area (Å²) in [5, 5.41) is 11.2. The van der Waals surface area contributed by atoms with Crippen molar-refractivity contribution < 1.29 is 33.4 Å². The number of carboxylic acid groups (broad SMARTS) is 1. The van der Waals surface area contributed by atoms with Gasteiger partial charge in [0.1, 0.15) is 5.69 Å². The van der Waals surface area contributed by atoms with E-state index in [-0.39, 0.29) is 17.0 Å². The number of ether oxygens (including phenoxy) is 4. The number of aromatic carboxylic acids is 1. The average molecular weight is 512 g/mol. The van der Waals surface area contributed by atoms with Crippen LogP contribution in [0.15, 0.2) is 47.9 Å². The summed E-state index contributed by atoms with van der Waals surface area (Å²) in [5.74, 6) is 0.388. The molecule has 36 heavy (non-hydrogen) atoms. The highest BCUT2D eigenvalue weighted by molar-refractivity contribution is 7.90. The molecule has 2 aromatic carbocycles.